The van der Waals surface area contributed by atoms with Crippen molar-refractivity contribution >= 4 is 23.5 Å². The van der Waals surface area contributed by atoms with E-state index in [9.17, 15) is 14.7 Å². The smallest absolute Gasteiger partial charge is 0.305 e. The molecule has 0 spiro atoms. The Labute approximate surface area is 122 Å². The molecule has 0 aliphatic rings. The number of halogens is 1. The predicted octanol–water partition coefficient (Wildman–Crippen LogP) is 2.51. The number of hydrogen-bond acceptors (Lipinski definition) is 4. The van der Waals surface area contributed by atoms with E-state index in [4.69, 9.17) is 11.6 Å². The number of unbranched alkanes of at least 4 members (excludes halogenated alkanes) is 2. The normalized spacial score (nSPS) is 10.1. The maximum atomic E-state index is 11.8. The van der Waals surface area contributed by atoms with Crippen LogP contribution in [-0.4, -0.2) is 30.6 Å². The number of ether oxygens (including phenoxy) is 1. The number of carbonyl (C=O) groups excluding carboxylic acids is 2. The van der Waals surface area contributed by atoms with Gasteiger partial charge in [-0.2, -0.15) is 0 Å². The number of aromatic hydroxyl groups is 1. The third kappa shape index (κ3) is 5.48. The first-order chi connectivity index (χ1) is 9.54. The molecule has 1 amide bonds. The van der Waals surface area contributed by atoms with Crippen LogP contribution in [0.25, 0.3) is 0 Å². The van der Waals surface area contributed by atoms with Crippen molar-refractivity contribution in [2.75, 3.05) is 13.7 Å². The molecule has 6 heteroatoms. The van der Waals surface area contributed by atoms with Crippen molar-refractivity contribution in [1.82, 2.24) is 5.32 Å². The van der Waals surface area contributed by atoms with E-state index in [-0.39, 0.29) is 23.2 Å². The van der Waals surface area contributed by atoms with Crippen molar-refractivity contribution in [1.29, 1.82) is 0 Å². The Bertz CT molecular complexity index is 476. The van der Waals surface area contributed by atoms with E-state index in [2.05, 4.69) is 10.1 Å². The van der Waals surface area contributed by atoms with Gasteiger partial charge in [-0.1, -0.05) is 18.0 Å². The molecule has 1 aromatic rings. The number of methoxy groups -OCH3 is 1. The number of hydrogen-bond donors (Lipinski definition) is 2. The number of esters is 1. The lowest BCUT2D eigenvalue weighted by atomic mass is 10.1. The van der Waals surface area contributed by atoms with Crippen LogP contribution in [0.2, 0.25) is 5.02 Å². The van der Waals surface area contributed by atoms with E-state index in [0.717, 1.165) is 19.3 Å². The summed E-state index contributed by atoms with van der Waals surface area (Å²) >= 11 is 5.69. The molecule has 0 atom stereocenters. The molecule has 0 aromatic heterocycles. The number of amides is 1. The van der Waals surface area contributed by atoms with Gasteiger partial charge in [0.15, 0.2) is 0 Å². The predicted molar refractivity (Wildman–Crippen MR) is 75.9 cm³/mol. The highest BCUT2D eigenvalue weighted by molar-refractivity contribution is 6.30. The van der Waals surface area contributed by atoms with Crippen molar-refractivity contribution in [2.24, 2.45) is 0 Å². The molecule has 110 valence electrons. The fourth-order valence-electron chi connectivity index (χ4n) is 1.67. The van der Waals surface area contributed by atoms with E-state index in [0.29, 0.717) is 18.0 Å². The van der Waals surface area contributed by atoms with Gasteiger partial charge in [0.05, 0.1) is 12.7 Å². The molecule has 0 radical (unpaired) electrons. The summed E-state index contributed by atoms with van der Waals surface area (Å²) in [5.41, 5.74) is 0.198. The van der Waals surface area contributed by atoms with E-state index in [1.807, 2.05) is 0 Å². The summed E-state index contributed by atoms with van der Waals surface area (Å²) in [5, 5.41) is 12.7. The Morgan fingerprint density at radius 2 is 2.05 bits per heavy atom. The highest BCUT2D eigenvalue weighted by Crippen LogP contribution is 2.21. The minimum atomic E-state index is -0.341. The summed E-state index contributed by atoms with van der Waals surface area (Å²) in [6.07, 6.45) is 2.70. The molecule has 0 saturated carbocycles. The van der Waals surface area contributed by atoms with Gasteiger partial charge >= 0.3 is 5.97 Å². The molecule has 5 nitrogen and oxygen atoms in total. The summed E-state index contributed by atoms with van der Waals surface area (Å²) in [7, 11) is 1.36. The average molecular weight is 300 g/mol. The van der Waals surface area contributed by atoms with Crippen LogP contribution in [0.1, 0.15) is 36.0 Å². The van der Waals surface area contributed by atoms with Crippen LogP contribution in [0.15, 0.2) is 18.2 Å². The first-order valence-corrected chi connectivity index (χ1v) is 6.76. The minimum Gasteiger partial charge on any atom is -0.507 e. The molecular weight excluding hydrogens is 282 g/mol. The molecule has 0 heterocycles. The van der Waals surface area contributed by atoms with Gasteiger partial charge in [-0.25, -0.2) is 0 Å². The fourth-order valence-corrected chi connectivity index (χ4v) is 1.83. The maximum absolute atomic E-state index is 11.8. The van der Waals surface area contributed by atoms with Crippen LogP contribution in [0.3, 0.4) is 0 Å². The van der Waals surface area contributed by atoms with Crippen LogP contribution in [-0.2, 0) is 9.53 Å². The third-order valence-electron chi connectivity index (χ3n) is 2.78. The van der Waals surface area contributed by atoms with E-state index in [1.54, 1.807) is 6.07 Å². The van der Waals surface area contributed by atoms with Crippen LogP contribution < -0.4 is 5.32 Å². The highest BCUT2D eigenvalue weighted by Gasteiger charge is 2.10. The lowest BCUT2D eigenvalue weighted by Gasteiger charge is -2.07. The van der Waals surface area contributed by atoms with Gasteiger partial charge in [-0.15, -0.1) is 0 Å². The van der Waals surface area contributed by atoms with E-state index in [1.165, 1.54) is 19.2 Å². The number of phenolic OH excluding ortho intramolecular Hbond substituents is 1. The van der Waals surface area contributed by atoms with Crippen LogP contribution in [0.4, 0.5) is 0 Å². The zero-order valence-corrected chi connectivity index (χ0v) is 12.1. The first kappa shape index (κ1) is 16.3. The number of nitrogens with one attached hydrogen (secondary N) is 1. The summed E-state index contributed by atoms with van der Waals surface area (Å²) in [4.78, 5) is 22.6. The lowest BCUT2D eigenvalue weighted by molar-refractivity contribution is -0.140. The molecule has 0 bridgehead atoms. The fraction of sp³-hybridized carbons (Fsp3) is 0.429. The Kier molecular flexibility index (Phi) is 6.87. The monoisotopic (exact) mass is 299 g/mol. The molecule has 1 aromatic carbocycles. The largest absolute Gasteiger partial charge is 0.507 e. The van der Waals surface area contributed by atoms with Crippen molar-refractivity contribution in [3.63, 3.8) is 0 Å². The summed E-state index contributed by atoms with van der Waals surface area (Å²) in [6, 6.07) is 4.35. The zero-order valence-electron chi connectivity index (χ0n) is 11.3. The van der Waals surface area contributed by atoms with E-state index >= 15 is 0 Å². The Balaban J connectivity index is 2.25. The minimum absolute atomic E-state index is 0.138. The number of carbonyl (C=O) groups is 2. The summed E-state index contributed by atoms with van der Waals surface area (Å²) in [6.45, 7) is 0.488. The number of rotatable bonds is 7. The average Bonchev–Trinajstić information content (AvgIpc) is 2.42. The topological polar surface area (TPSA) is 75.6 Å². The number of phenols is 1. The van der Waals surface area contributed by atoms with Gasteiger partial charge < -0.3 is 15.2 Å². The second kappa shape index (κ2) is 8.43. The first-order valence-electron chi connectivity index (χ1n) is 6.38. The molecule has 20 heavy (non-hydrogen) atoms. The highest BCUT2D eigenvalue weighted by atomic mass is 35.5. The zero-order chi connectivity index (χ0) is 15.0. The molecule has 0 saturated heterocycles. The second-order valence-corrected chi connectivity index (χ2v) is 4.74. The molecule has 0 aliphatic heterocycles. The van der Waals surface area contributed by atoms with Gasteiger partial charge in [-0.05, 0) is 31.0 Å². The van der Waals surface area contributed by atoms with Gasteiger partial charge in [0.1, 0.15) is 5.75 Å². The third-order valence-corrected chi connectivity index (χ3v) is 3.01. The molecule has 0 unspecified atom stereocenters. The molecule has 2 N–H and O–H groups in total. The van der Waals surface area contributed by atoms with Gasteiger partial charge in [0.25, 0.3) is 5.91 Å². The van der Waals surface area contributed by atoms with Crippen LogP contribution in [0.5, 0.6) is 5.75 Å². The molecule has 0 fully saturated rings. The van der Waals surface area contributed by atoms with Crippen molar-refractivity contribution in [3.05, 3.63) is 28.8 Å². The van der Waals surface area contributed by atoms with Gasteiger partial charge in [0.2, 0.25) is 0 Å². The maximum Gasteiger partial charge on any atom is 0.305 e. The van der Waals surface area contributed by atoms with E-state index < -0.39 is 0 Å². The molecule has 1 rings (SSSR count). The summed E-state index contributed by atoms with van der Waals surface area (Å²) in [5.74, 6) is -0.701. The Hall–Kier alpha value is -1.75. The van der Waals surface area contributed by atoms with Crippen LogP contribution >= 0.6 is 11.6 Å². The Morgan fingerprint density at radius 1 is 1.30 bits per heavy atom. The Morgan fingerprint density at radius 3 is 2.70 bits per heavy atom. The quantitative estimate of drug-likeness (QED) is 0.599. The standard InChI is InChI=1S/C14H18ClNO4/c1-20-13(18)5-3-2-4-8-16-14(19)11-7-6-10(15)9-12(11)17/h6-7,9,17H,2-5,8H2,1H3,(H,16,19). The number of benzene rings is 1. The van der Waals surface area contributed by atoms with Crippen molar-refractivity contribution in [3.8, 4) is 5.75 Å². The molecule has 0 aliphatic carbocycles. The SMILES string of the molecule is COC(=O)CCCCCNC(=O)c1ccc(Cl)cc1O. The van der Waals surface area contributed by atoms with Crippen molar-refractivity contribution < 1.29 is 19.4 Å². The van der Waals surface area contributed by atoms with Crippen LogP contribution in [0, 0.1) is 0 Å². The van der Waals surface area contributed by atoms with Gasteiger partial charge in [-0.3, -0.25) is 9.59 Å². The van der Waals surface area contributed by atoms with Gasteiger partial charge in [0, 0.05) is 18.0 Å². The lowest BCUT2D eigenvalue weighted by Crippen LogP contribution is -2.24. The summed E-state index contributed by atoms with van der Waals surface area (Å²) < 4.78 is 4.53. The molecular formula is C14H18ClNO4. The second-order valence-electron chi connectivity index (χ2n) is 4.30. The van der Waals surface area contributed by atoms with Crippen molar-refractivity contribution in [2.45, 2.75) is 25.7 Å².